The Morgan fingerprint density at radius 1 is 1.14 bits per heavy atom. The van der Waals surface area contributed by atoms with Gasteiger partial charge >= 0.3 is 6.09 Å². The summed E-state index contributed by atoms with van der Waals surface area (Å²) < 4.78 is 13.0. The van der Waals surface area contributed by atoms with Gasteiger partial charge in [-0.1, -0.05) is 36.4 Å². The van der Waals surface area contributed by atoms with Crippen LogP contribution in [0.2, 0.25) is 0 Å². The maximum atomic E-state index is 12.4. The Hall–Kier alpha value is -4.40. The number of Topliss-reactive ketones (excluding diaryl/α,β-unsaturated/α-hetero) is 1. The van der Waals surface area contributed by atoms with Crippen LogP contribution in [0.25, 0.3) is 22.2 Å². The number of methoxy groups -OCH3 is 1. The maximum absolute atomic E-state index is 12.4. The van der Waals surface area contributed by atoms with Gasteiger partial charge in [-0.3, -0.25) is 10.1 Å². The van der Waals surface area contributed by atoms with Gasteiger partial charge in [0, 0.05) is 30.6 Å². The van der Waals surface area contributed by atoms with Crippen LogP contribution in [0.1, 0.15) is 37.3 Å². The van der Waals surface area contributed by atoms with Crippen molar-refractivity contribution in [3.8, 4) is 16.9 Å². The predicted molar refractivity (Wildman–Crippen MR) is 137 cm³/mol. The standard InChI is InChI=1S/C27H27N5O4/c1-35-23-13-18(7-12-22(23)31-27(34)36-15-17-5-3-2-4-6-17)21-14-32(19-8-10-20(33)11-9-19)26-24(21)25(28)29-16-30-26/h2-7,12-14,16,19H,8-11,15H2,1H3,(H,31,34)(H2,28,29,30). The molecule has 1 fully saturated rings. The largest absolute Gasteiger partial charge is 0.495 e. The number of nitrogens with one attached hydrogen (secondary N) is 1. The first-order chi connectivity index (χ1) is 17.5. The number of aromatic nitrogens is 3. The molecule has 184 valence electrons. The number of hydrogen-bond acceptors (Lipinski definition) is 7. The number of nitrogen functional groups attached to an aromatic ring is 1. The molecular formula is C27H27N5O4. The average Bonchev–Trinajstić information content (AvgIpc) is 3.30. The number of nitrogens with zero attached hydrogens (tertiary/aromatic N) is 3. The van der Waals surface area contributed by atoms with Crippen molar-refractivity contribution in [2.45, 2.75) is 38.3 Å². The molecule has 3 N–H and O–H groups in total. The Balaban J connectivity index is 1.42. The molecule has 0 bridgehead atoms. The average molecular weight is 486 g/mol. The highest BCUT2D eigenvalue weighted by Gasteiger charge is 2.25. The van der Waals surface area contributed by atoms with E-state index in [1.165, 1.54) is 6.33 Å². The fourth-order valence-electron chi connectivity index (χ4n) is 4.64. The third-order valence-electron chi connectivity index (χ3n) is 6.51. The van der Waals surface area contributed by atoms with E-state index >= 15 is 0 Å². The van der Waals surface area contributed by atoms with Crippen molar-refractivity contribution in [1.82, 2.24) is 14.5 Å². The van der Waals surface area contributed by atoms with Gasteiger partial charge < -0.3 is 19.8 Å². The predicted octanol–water partition coefficient (Wildman–Crippen LogP) is 5.12. The Bertz CT molecular complexity index is 1410. The molecule has 0 spiro atoms. The number of benzene rings is 2. The summed E-state index contributed by atoms with van der Waals surface area (Å²) in [7, 11) is 1.54. The van der Waals surface area contributed by atoms with Crippen LogP contribution in [0.5, 0.6) is 5.75 Å². The number of carbonyl (C=O) groups is 2. The highest BCUT2D eigenvalue weighted by Crippen LogP contribution is 2.39. The zero-order valence-electron chi connectivity index (χ0n) is 19.9. The van der Waals surface area contributed by atoms with Gasteiger partial charge in [0.15, 0.2) is 0 Å². The minimum atomic E-state index is -0.578. The molecule has 1 saturated carbocycles. The van der Waals surface area contributed by atoms with Crippen LogP contribution < -0.4 is 15.8 Å². The highest BCUT2D eigenvalue weighted by molar-refractivity contribution is 6.01. The number of nitrogens with two attached hydrogens (primary N) is 1. The molecule has 1 aliphatic carbocycles. The summed E-state index contributed by atoms with van der Waals surface area (Å²) >= 11 is 0. The highest BCUT2D eigenvalue weighted by atomic mass is 16.5. The van der Waals surface area contributed by atoms with Gasteiger partial charge in [0.2, 0.25) is 0 Å². The molecule has 9 nitrogen and oxygen atoms in total. The Labute approximate surface area is 208 Å². The SMILES string of the molecule is COc1cc(-c2cn(C3CCC(=O)CC3)c3ncnc(N)c23)ccc1NC(=O)OCc1ccccc1. The second-order valence-corrected chi connectivity index (χ2v) is 8.78. The van der Waals surface area contributed by atoms with Crippen LogP contribution in [0.15, 0.2) is 61.1 Å². The van der Waals surface area contributed by atoms with E-state index in [0.717, 1.165) is 40.6 Å². The first kappa shape index (κ1) is 23.3. The van der Waals surface area contributed by atoms with Gasteiger partial charge in [0.05, 0.1) is 18.2 Å². The van der Waals surface area contributed by atoms with Gasteiger partial charge in [0.1, 0.15) is 35.9 Å². The molecule has 0 atom stereocenters. The molecule has 5 rings (SSSR count). The molecule has 1 aliphatic rings. The number of carbonyl (C=O) groups excluding carboxylic acids is 2. The Morgan fingerprint density at radius 2 is 1.92 bits per heavy atom. The van der Waals surface area contributed by atoms with Crippen LogP contribution in [0.3, 0.4) is 0 Å². The van der Waals surface area contributed by atoms with Crippen LogP contribution in [-0.2, 0) is 16.1 Å². The van der Waals surface area contributed by atoms with Crippen molar-refractivity contribution in [1.29, 1.82) is 0 Å². The summed E-state index contributed by atoms with van der Waals surface area (Å²) in [4.78, 5) is 32.9. The molecule has 0 unspecified atom stereocenters. The summed E-state index contributed by atoms with van der Waals surface area (Å²) in [6.45, 7) is 0.165. The van der Waals surface area contributed by atoms with Crippen LogP contribution in [0.4, 0.5) is 16.3 Å². The molecule has 2 aromatic carbocycles. The van der Waals surface area contributed by atoms with Crippen molar-refractivity contribution in [2.75, 3.05) is 18.2 Å². The summed E-state index contributed by atoms with van der Waals surface area (Å²) in [6, 6.07) is 15.1. The first-order valence-electron chi connectivity index (χ1n) is 11.8. The van der Waals surface area contributed by atoms with Crippen LogP contribution in [-0.4, -0.2) is 33.5 Å². The molecule has 0 aliphatic heterocycles. The molecule has 1 amide bonds. The summed E-state index contributed by atoms with van der Waals surface area (Å²) in [5, 5.41) is 3.50. The zero-order valence-corrected chi connectivity index (χ0v) is 19.9. The van der Waals surface area contributed by atoms with E-state index in [1.54, 1.807) is 13.2 Å². The minimum Gasteiger partial charge on any atom is -0.495 e. The third-order valence-corrected chi connectivity index (χ3v) is 6.51. The van der Waals surface area contributed by atoms with Gasteiger partial charge in [-0.2, -0.15) is 0 Å². The topological polar surface area (TPSA) is 121 Å². The minimum absolute atomic E-state index is 0.162. The number of hydrogen-bond donors (Lipinski definition) is 2. The van der Waals surface area contributed by atoms with E-state index in [4.69, 9.17) is 15.2 Å². The lowest BCUT2D eigenvalue weighted by Crippen LogP contribution is -2.17. The molecular weight excluding hydrogens is 458 g/mol. The first-order valence-corrected chi connectivity index (χ1v) is 11.8. The van der Waals surface area contributed by atoms with E-state index in [1.807, 2.05) is 48.7 Å². The van der Waals surface area contributed by atoms with E-state index in [9.17, 15) is 9.59 Å². The van der Waals surface area contributed by atoms with E-state index in [-0.39, 0.29) is 12.6 Å². The van der Waals surface area contributed by atoms with Crippen molar-refractivity contribution < 1.29 is 19.1 Å². The second kappa shape index (κ2) is 10.1. The smallest absolute Gasteiger partial charge is 0.412 e. The number of amides is 1. The quantitative estimate of drug-likeness (QED) is 0.389. The lowest BCUT2D eigenvalue weighted by Gasteiger charge is -2.23. The number of ketones is 1. The van der Waals surface area contributed by atoms with E-state index in [0.29, 0.717) is 35.9 Å². The van der Waals surface area contributed by atoms with Crippen molar-refractivity contribution in [3.63, 3.8) is 0 Å². The van der Waals surface area contributed by atoms with Crippen molar-refractivity contribution >= 4 is 34.4 Å². The number of fused-ring (bicyclic) bond motifs is 1. The molecule has 0 saturated heterocycles. The number of rotatable bonds is 6. The number of ether oxygens (including phenoxy) is 2. The monoisotopic (exact) mass is 485 g/mol. The Kier molecular flexibility index (Phi) is 6.53. The molecule has 2 aromatic heterocycles. The third kappa shape index (κ3) is 4.72. The van der Waals surface area contributed by atoms with E-state index < -0.39 is 6.09 Å². The molecule has 0 radical (unpaired) electrons. The molecule has 2 heterocycles. The fraction of sp³-hybridized carbons (Fsp3) is 0.259. The molecule has 9 heteroatoms. The second-order valence-electron chi connectivity index (χ2n) is 8.78. The zero-order chi connectivity index (χ0) is 25.1. The normalized spacial score (nSPS) is 14.1. The van der Waals surface area contributed by atoms with Crippen molar-refractivity contribution in [3.05, 3.63) is 66.6 Å². The maximum Gasteiger partial charge on any atom is 0.412 e. The molecule has 4 aromatic rings. The van der Waals surface area contributed by atoms with E-state index in [2.05, 4.69) is 19.9 Å². The number of anilines is 2. The summed E-state index contributed by atoms with van der Waals surface area (Å²) in [6.07, 6.45) is 5.56. The fourth-order valence-corrected chi connectivity index (χ4v) is 4.64. The van der Waals surface area contributed by atoms with Gasteiger partial charge in [-0.25, -0.2) is 14.8 Å². The lowest BCUT2D eigenvalue weighted by atomic mass is 9.94. The van der Waals surface area contributed by atoms with Crippen LogP contribution >= 0.6 is 0 Å². The Morgan fingerprint density at radius 3 is 2.67 bits per heavy atom. The summed E-state index contributed by atoms with van der Waals surface area (Å²) in [5.41, 5.74) is 10.1. The summed E-state index contributed by atoms with van der Waals surface area (Å²) in [5.74, 6) is 1.15. The lowest BCUT2D eigenvalue weighted by molar-refractivity contribution is -0.120. The van der Waals surface area contributed by atoms with Gasteiger partial charge in [0.25, 0.3) is 0 Å². The van der Waals surface area contributed by atoms with Gasteiger partial charge in [-0.15, -0.1) is 0 Å². The van der Waals surface area contributed by atoms with Crippen molar-refractivity contribution in [2.24, 2.45) is 0 Å². The van der Waals surface area contributed by atoms with Crippen LogP contribution in [0, 0.1) is 0 Å². The molecule has 36 heavy (non-hydrogen) atoms. The van der Waals surface area contributed by atoms with Gasteiger partial charge in [-0.05, 0) is 36.1 Å².